The molecule has 0 amide bonds. The minimum Gasteiger partial charge on any atom is -0.476 e. The van der Waals surface area contributed by atoms with Gasteiger partial charge in [-0.2, -0.15) is 0 Å². The van der Waals surface area contributed by atoms with Gasteiger partial charge < -0.3 is 5.11 Å². The lowest BCUT2D eigenvalue weighted by Gasteiger charge is -2.09. The second kappa shape index (κ2) is 6.05. The van der Waals surface area contributed by atoms with Crippen molar-refractivity contribution in [1.82, 2.24) is 15.0 Å². The first-order chi connectivity index (χ1) is 9.47. The van der Waals surface area contributed by atoms with Crippen LogP contribution >= 0.6 is 11.6 Å². The van der Waals surface area contributed by atoms with E-state index < -0.39 is 5.97 Å². The monoisotopic (exact) mass is 293 g/mol. The molecule has 0 saturated heterocycles. The van der Waals surface area contributed by atoms with Crippen LogP contribution in [-0.4, -0.2) is 26.1 Å². The van der Waals surface area contributed by atoms with E-state index in [0.717, 1.165) is 5.56 Å². The van der Waals surface area contributed by atoms with Crippen molar-refractivity contribution in [2.45, 2.75) is 26.8 Å². The molecule has 106 valence electrons. The molecule has 1 heterocycles. The molecule has 0 fully saturated rings. The number of carbonyl (C=O) groups is 1. The number of carboxylic acid groups (broad SMARTS) is 1. The predicted molar refractivity (Wildman–Crippen MR) is 76.1 cm³/mol. The van der Waals surface area contributed by atoms with Crippen LogP contribution in [0.2, 0.25) is 5.02 Å². The average Bonchev–Trinajstić information content (AvgIpc) is 2.75. The molecule has 0 spiro atoms. The summed E-state index contributed by atoms with van der Waals surface area (Å²) in [5, 5.41) is 17.6. The van der Waals surface area contributed by atoms with Crippen LogP contribution in [-0.2, 0) is 13.0 Å². The fourth-order valence-electron chi connectivity index (χ4n) is 1.98. The van der Waals surface area contributed by atoms with E-state index in [1.165, 1.54) is 0 Å². The summed E-state index contributed by atoms with van der Waals surface area (Å²) in [4.78, 5) is 11.2. The van der Waals surface area contributed by atoms with Crippen molar-refractivity contribution in [3.63, 3.8) is 0 Å². The van der Waals surface area contributed by atoms with Gasteiger partial charge in [0.1, 0.15) is 0 Å². The van der Waals surface area contributed by atoms with E-state index in [1.54, 1.807) is 16.8 Å². The van der Waals surface area contributed by atoms with Crippen molar-refractivity contribution < 1.29 is 9.90 Å². The summed E-state index contributed by atoms with van der Waals surface area (Å²) < 4.78 is 1.65. The van der Waals surface area contributed by atoms with Gasteiger partial charge in [-0.1, -0.05) is 42.8 Å². The molecule has 1 aromatic carbocycles. The molecule has 0 saturated carbocycles. The van der Waals surface area contributed by atoms with Gasteiger partial charge in [-0.05, 0) is 30.0 Å². The number of hydrogen-bond acceptors (Lipinski definition) is 3. The number of benzene rings is 1. The molecule has 5 nitrogen and oxygen atoms in total. The van der Waals surface area contributed by atoms with E-state index in [-0.39, 0.29) is 5.69 Å². The zero-order valence-electron chi connectivity index (χ0n) is 11.4. The highest BCUT2D eigenvalue weighted by Crippen LogP contribution is 2.15. The Kier molecular flexibility index (Phi) is 4.39. The number of hydrogen-bond donors (Lipinski definition) is 1. The van der Waals surface area contributed by atoms with Crippen molar-refractivity contribution in [3.05, 3.63) is 46.2 Å². The maximum atomic E-state index is 11.2. The summed E-state index contributed by atoms with van der Waals surface area (Å²) in [5.41, 5.74) is 1.69. The molecule has 0 aliphatic carbocycles. The van der Waals surface area contributed by atoms with Gasteiger partial charge in [0, 0.05) is 5.02 Å². The Hall–Kier alpha value is -1.88. The molecule has 0 aliphatic rings. The zero-order chi connectivity index (χ0) is 14.7. The standard InChI is InChI=1S/C14H16ClN3O2/c1-9(2)7-12-13(14(19)20)16-17-18(12)8-10-3-5-11(15)6-4-10/h3-6,9H,7-8H2,1-2H3,(H,19,20). The molecular formula is C14H16ClN3O2. The minimum absolute atomic E-state index is 0.0349. The first-order valence-electron chi connectivity index (χ1n) is 6.37. The van der Waals surface area contributed by atoms with Crippen LogP contribution in [0.5, 0.6) is 0 Å². The third-order valence-electron chi connectivity index (χ3n) is 2.89. The first-order valence-corrected chi connectivity index (χ1v) is 6.75. The van der Waals surface area contributed by atoms with Gasteiger partial charge in [0.25, 0.3) is 0 Å². The summed E-state index contributed by atoms with van der Waals surface area (Å²) in [5.74, 6) is -0.710. The van der Waals surface area contributed by atoms with Crippen molar-refractivity contribution in [2.75, 3.05) is 0 Å². The Balaban J connectivity index is 2.31. The minimum atomic E-state index is -1.04. The van der Waals surface area contributed by atoms with Gasteiger partial charge in [0.2, 0.25) is 0 Å². The van der Waals surface area contributed by atoms with Gasteiger partial charge in [-0.15, -0.1) is 5.10 Å². The van der Waals surface area contributed by atoms with Crippen LogP contribution in [0.4, 0.5) is 0 Å². The molecule has 0 radical (unpaired) electrons. The normalized spacial score (nSPS) is 11.0. The maximum Gasteiger partial charge on any atom is 0.358 e. The second-order valence-corrected chi connectivity index (χ2v) is 5.51. The van der Waals surface area contributed by atoms with Crippen molar-refractivity contribution >= 4 is 17.6 Å². The van der Waals surface area contributed by atoms with E-state index in [2.05, 4.69) is 10.3 Å². The van der Waals surface area contributed by atoms with Crippen LogP contribution in [0.25, 0.3) is 0 Å². The smallest absolute Gasteiger partial charge is 0.358 e. The number of nitrogens with zero attached hydrogens (tertiary/aromatic N) is 3. The summed E-state index contributed by atoms with van der Waals surface area (Å²) in [6.07, 6.45) is 0.627. The lowest BCUT2D eigenvalue weighted by molar-refractivity contribution is 0.0689. The van der Waals surface area contributed by atoms with Gasteiger partial charge in [-0.3, -0.25) is 0 Å². The summed E-state index contributed by atoms with van der Waals surface area (Å²) in [6.45, 7) is 4.55. The van der Waals surface area contributed by atoms with E-state index in [1.807, 2.05) is 26.0 Å². The maximum absolute atomic E-state index is 11.2. The van der Waals surface area contributed by atoms with Crippen molar-refractivity contribution in [3.8, 4) is 0 Å². The Morgan fingerprint density at radius 3 is 2.55 bits per heavy atom. The van der Waals surface area contributed by atoms with Crippen molar-refractivity contribution in [1.29, 1.82) is 0 Å². The van der Waals surface area contributed by atoms with E-state index in [0.29, 0.717) is 29.6 Å². The Morgan fingerprint density at radius 2 is 2.00 bits per heavy atom. The fourth-order valence-corrected chi connectivity index (χ4v) is 2.10. The van der Waals surface area contributed by atoms with E-state index in [9.17, 15) is 4.79 Å². The number of carboxylic acids is 1. The quantitative estimate of drug-likeness (QED) is 0.920. The Labute approximate surface area is 122 Å². The predicted octanol–water partition coefficient (Wildman–Crippen LogP) is 2.88. The molecule has 0 aliphatic heterocycles. The van der Waals surface area contributed by atoms with Crippen LogP contribution in [0, 0.1) is 5.92 Å². The van der Waals surface area contributed by atoms with Crippen LogP contribution in [0.1, 0.15) is 35.6 Å². The summed E-state index contributed by atoms with van der Waals surface area (Å²) >= 11 is 5.85. The van der Waals surface area contributed by atoms with Gasteiger partial charge >= 0.3 is 5.97 Å². The zero-order valence-corrected chi connectivity index (χ0v) is 12.1. The third kappa shape index (κ3) is 3.36. The molecular weight excluding hydrogens is 278 g/mol. The summed E-state index contributed by atoms with van der Waals surface area (Å²) in [7, 11) is 0. The lowest BCUT2D eigenvalue weighted by atomic mass is 10.1. The number of aromatic nitrogens is 3. The highest BCUT2D eigenvalue weighted by Gasteiger charge is 2.19. The highest BCUT2D eigenvalue weighted by atomic mass is 35.5. The molecule has 0 unspecified atom stereocenters. The van der Waals surface area contributed by atoms with E-state index in [4.69, 9.17) is 16.7 Å². The van der Waals surface area contributed by atoms with Gasteiger partial charge in [0.05, 0.1) is 12.2 Å². The molecule has 20 heavy (non-hydrogen) atoms. The first kappa shape index (κ1) is 14.5. The topological polar surface area (TPSA) is 68.0 Å². The lowest BCUT2D eigenvalue weighted by Crippen LogP contribution is -2.11. The fraction of sp³-hybridized carbons (Fsp3) is 0.357. The molecule has 1 aromatic heterocycles. The summed E-state index contributed by atoms with van der Waals surface area (Å²) in [6, 6.07) is 7.38. The molecule has 0 bridgehead atoms. The van der Waals surface area contributed by atoms with Crippen LogP contribution < -0.4 is 0 Å². The molecule has 1 N–H and O–H groups in total. The largest absolute Gasteiger partial charge is 0.476 e. The van der Waals surface area contributed by atoms with Crippen molar-refractivity contribution in [2.24, 2.45) is 5.92 Å². The van der Waals surface area contributed by atoms with Gasteiger partial charge in [0.15, 0.2) is 5.69 Å². The number of aromatic carboxylic acids is 1. The SMILES string of the molecule is CC(C)Cc1c(C(=O)O)nnn1Cc1ccc(Cl)cc1. The molecule has 2 aromatic rings. The average molecular weight is 294 g/mol. The Morgan fingerprint density at radius 1 is 1.35 bits per heavy atom. The van der Waals surface area contributed by atoms with Crippen LogP contribution in [0.15, 0.2) is 24.3 Å². The highest BCUT2D eigenvalue weighted by molar-refractivity contribution is 6.30. The number of rotatable bonds is 5. The molecule has 0 atom stereocenters. The van der Waals surface area contributed by atoms with Gasteiger partial charge in [-0.25, -0.2) is 9.48 Å². The number of halogens is 1. The third-order valence-corrected chi connectivity index (χ3v) is 3.14. The second-order valence-electron chi connectivity index (χ2n) is 5.07. The Bertz CT molecular complexity index is 605. The molecule has 2 rings (SSSR count). The van der Waals surface area contributed by atoms with Crippen LogP contribution in [0.3, 0.4) is 0 Å². The van der Waals surface area contributed by atoms with E-state index >= 15 is 0 Å². The molecule has 6 heteroatoms.